The monoisotopic (exact) mass is 261 g/mol. The first-order valence-electron chi connectivity index (χ1n) is 7.34. The van der Waals surface area contributed by atoms with Crippen molar-refractivity contribution in [1.29, 1.82) is 0 Å². The summed E-state index contributed by atoms with van der Waals surface area (Å²) in [7, 11) is 1.84. The number of para-hydroxylation sites is 1. The van der Waals surface area contributed by atoms with E-state index in [1.165, 1.54) is 17.5 Å². The van der Waals surface area contributed by atoms with E-state index in [1.54, 1.807) is 0 Å². The van der Waals surface area contributed by atoms with Gasteiger partial charge in [0.1, 0.15) is 5.75 Å². The van der Waals surface area contributed by atoms with Gasteiger partial charge in [-0.15, -0.1) is 0 Å². The van der Waals surface area contributed by atoms with Crippen molar-refractivity contribution in [3.05, 3.63) is 29.3 Å². The molecule has 0 amide bonds. The minimum absolute atomic E-state index is 0.0446. The van der Waals surface area contributed by atoms with E-state index in [4.69, 9.17) is 9.47 Å². The molecular formula is C16H23NO2. The van der Waals surface area contributed by atoms with Gasteiger partial charge in [-0.3, -0.25) is 0 Å². The fourth-order valence-electron chi connectivity index (χ4n) is 3.39. The van der Waals surface area contributed by atoms with Crippen LogP contribution in [0.1, 0.15) is 43.4 Å². The summed E-state index contributed by atoms with van der Waals surface area (Å²) >= 11 is 0. The number of likely N-dealkylation sites (N-methyl/N-ethyl adjacent to an activating group) is 1. The molecule has 1 N–H and O–H groups in total. The van der Waals surface area contributed by atoms with Gasteiger partial charge in [0, 0.05) is 19.1 Å². The van der Waals surface area contributed by atoms with Crippen LogP contribution in [-0.4, -0.2) is 25.9 Å². The molecule has 0 bridgehead atoms. The molecule has 1 aliphatic carbocycles. The highest BCUT2D eigenvalue weighted by molar-refractivity contribution is 5.47. The number of benzene rings is 1. The molecule has 0 saturated heterocycles. The zero-order chi connectivity index (χ0) is 13.3. The number of hydrogen-bond acceptors (Lipinski definition) is 3. The normalized spacial score (nSPS) is 21.4. The van der Waals surface area contributed by atoms with Crippen molar-refractivity contribution in [3.8, 4) is 5.75 Å². The summed E-state index contributed by atoms with van der Waals surface area (Å²) in [6.07, 6.45) is 4.54. The Balaban J connectivity index is 1.99. The molecule has 1 aromatic rings. The molecule has 1 atom stereocenters. The smallest absolute Gasteiger partial charge is 0.127 e. The van der Waals surface area contributed by atoms with E-state index in [2.05, 4.69) is 30.4 Å². The quantitative estimate of drug-likeness (QED) is 0.884. The van der Waals surface area contributed by atoms with Crippen molar-refractivity contribution >= 4 is 0 Å². The third kappa shape index (κ3) is 2.05. The Hall–Kier alpha value is -1.06. The molecule has 1 saturated carbocycles. The van der Waals surface area contributed by atoms with Crippen LogP contribution in [0.25, 0.3) is 0 Å². The van der Waals surface area contributed by atoms with Gasteiger partial charge >= 0.3 is 0 Å². The number of rotatable bonds is 5. The second-order valence-corrected chi connectivity index (χ2v) is 5.55. The van der Waals surface area contributed by atoms with Gasteiger partial charge in [-0.25, -0.2) is 0 Å². The van der Waals surface area contributed by atoms with Crippen LogP contribution >= 0.6 is 0 Å². The van der Waals surface area contributed by atoms with E-state index in [-0.39, 0.29) is 11.6 Å². The SMILES string of the molecule is CCNC(c1cccc2c1OCC2)C1(OC)CCC1. The van der Waals surface area contributed by atoms with E-state index in [1.807, 2.05) is 7.11 Å². The van der Waals surface area contributed by atoms with Crippen molar-refractivity contribution in [2.75, 3.05) is 20.3 Å². The molecule has 1 heterocycles. The van der Waals surface area contributed by atoms with E-state index < -0.39 is 0 Å². The Labute approximate surface area is 115 Å². The van der Waals surface area contributed by atoms with Gasteiger partial charge in [0.15, 0.2) is 0 Å². The van der Waals surface area contributed by atoms with E-state index >= 15 is 0 Å². The number of hydrogen-bond donors (Lipinski definition) is 1. The summed E-state index contributed by atoms with van der Waals surface area (Å²) in [5.41, 5.74) is 2.57. The molecular weight excluding hydrogens is 238 g/mol. The van der Waals surface area contributed by atoms with Crippen molar-refractivity contribution in [2.24, 2.45) is 0 Å². The summed E-state index contributed by atoms with van der Waals surface area (Å²) in [5.74, 6) is 1.09. The summed E-state index contributed by atoms with van der Waals surface area (Å²) in [6.45, 7) is 3.91. The third-order valence-electron chi connectivity index (χ3n) is 4.60. The highest BCUT2D eigenvalue weighted by Gasteiger charge is 2.46. The van der Waals surface area contributed by atoms with Gasteiger partial charge in [0.2, 0.25) is 0 Å². The molecule has 0 aromatic heterocycles. The highest BCUT2D eigenvalue weighted by Crippen LogP contribution is 2.48. The molecule has 3 rings (SSSR count). The number of fused-ring (bicyclic) bond motifs is 1. The molecule has 0 spiro atoms. The van der Waals surface area contributed by atoms with Crippen LogP contribution in [0.15, 0.2) is 18.2 Å². The number of ether oxygens (including phenoxy) is 2. The zero-order valence-electron chi connectivity index (χ0n) is 11.9. The van der Waals surface area contributed by atoms with E-state index in [0.717, 1.165) is 38.2 Å². The summed E-state index contributed by atoms with van der Waals surface area (Å²) < 4.78 is 11.8. The standard InChI is InChI=1S/C16H23NO2/c1-3-17-15(16(18-2)9-5-10-16)13-7-4-6-12-8-11-19-14(12)13/h4,6-7,15,17H,3,5,8-11H2,1-2H3. The zero-order valence-corrected chi connectivity index (χ0v) is 11.9. The molecule has 1 unspecified atom stereocenters. The van der Waals surface area contributed by atoms with Crippen LogP contribution in [0.4, 0.5) is 0 Å². The molecule has 3 nitrogen and oxygen atoms in total. The van der Waals surface area contributed by atoms with Gasteiger partial charge in [0.25, 0.3) is 0 Å². The maximum Gasteiger partial charge on any atom is 0.127 e. The largest absolute Gasteiger partial charge is 0.493 e. The highest BCUT2D eigenvalue weighted by atomic mass is 16.5. The van der Waals surface area contributed by atoms with Gasteiger partial charge in [-0.05, 0) is 31.4 Å². The fraction of sp³-hybridized carbons (Fsp3) is 0.625. The van der Waals surface area contributed by atoms with Gasteiger partial charge in [-0.2, -0.15) is 0 Å². The van der Waals surface area contributed by atoms with Crippen molar-refractivity contribution in [3.63, 3.8) is 0 Å². The van der Waals surface area contributed by atoms with Gasteiger partial charge in [0.05, 0.1) is 18.2 Å². The molecule has 1 fully saturated rings. The van der Waals surface area contributed by atoms with Crippen LogP contribution in [0, 0.1) is 0 Å². The molecule has 2 aliphatic rings. The lowest BCUT2D eigenvalue weighted by Gasteiger charge is -2.47. The van der Waals surface area contributed by atoms with Crippen LogP contribution in [0.2, 0.25) is 0 Å². The van der Waals surface area contributed by atoms with Crippen molar-refractivity contribution in [2.45, 2.75) is 44.2 Å². The summed E-state index contributed by atoms with van der Waals surface area (Å²) in [4.78, 5) is 0. The maximum atomic E-state index is 5.88. The van der Waals surface area contributed by atoms with Crippen molar-refractivity contribution < 1.29 is 9.47 Å². The summed E-state index contributed by atoms with van der Waals surface area (Å²) in [6, 6.07) is 6.75. The lowest BCUT2D eigenvalue weighted by Crippen LogP contribution is -2.50. The third-order valence-corrected chi connectivity index (χ3v) is 4.60. The van der Waals surface area contributed by atoms with Crippen LogP contribution in [-0.2, 0) is 11.2 Å². The average molecular weight is 261 g/mol. The lowest BCUT2D eigenvalue weighted by atomic mass is 9.72. The molecule has 3 heteroatoms. The van der Waals surface area contributed by atoms with E-state index in [9.17, 15) is 0 Å². The predicted molar refractivity (Wildman–Crippen MR) is 75.6 cm³/mol. The Morgan fingerprint density at radius 2 is 2.26 bits per heavy atom. The topological polar surface area (TPSA) is 30.5 Å². The predicted octanol–water partition coefficient (Wildman–Crippen LogP) is 2.84. The first-order chi connectivity index (χ1) is 9.30. The molecule has 1 aliphatic heterocycles. The van der Waals surface area contributed by atoms with Crippen LogP contribution < -0.4 is 10.1 Å². The van der Waals surface area contributed by atoms with Gasteiger partial charge in [-0.1, -0.05) is 25.1 Å². The van der Waals surface area contributed by atoms with Crippen molar-refractivity contribution in [1.82, 2.24) is 5.32 Å². The fourth-order valence-corrected chi connectivity index (χ4v) is 3.39. The average Bonchev–Trinajstić information content (AvgIpc) is 2.85. The molecule has 0 radical (unpaired) electrons. The number of methoxy groups -OCH3 is 1. The number of nitrogens with one attached hydrogen (secondary N) is 1. The second kappa shape index (κ2) is 5.14. The summed E-state index contributed by atoms with van der Waals surface area (Å²) in [5, 5.41) is 3.62. The first kappa shape index (κ1) is 12.9. The Morgan fingerprint density at radius 3 is 2.89 bits per heavy atom. The Bertz CT molecular complexity index is 449. The Morgan fingerprint density at radius 1 is 1.42 bits per heavy atom. The molecule has 19 heavy (non-hydrogen) atoms. The molecule has 104 valence electrons. The Kier molecular flexibility index (Phi) is 3.50. The van der Waals surface area contributed by atoms with E-state index in [0.29, 0.717) is 0 Å². The molecule has 1 aromatic carbocycles. The van der Waals surface area contributed by atoms with Crippen LogP contribution in [0.3, 0.4) is 0 Å². The maximum absolute atomic E-state index is 5.88. The second-order valence-electron chi connectivity index (χ2n) is 5.55. The van der Waals surface area contributed by atoms with Crippen LogP contribution in [0.5, 0.6) is 5.75 Å². The minimum atomic E-state index is -0.0446. The first-order valence-corrected chi connectivity index (χ1v) is 7.34. The minimum Gasteiger partial charge on any atom is -0.493 e. The lowest BCUT2D eigenvalue weighted by molar-refractivity contribution is -0.0998. The van der Waals surface area contributed by atoms with Gasteiger partial charge < -0.3 is 14.8 Å².